The molecular formula is C29H35N3O2. The Morgan fingerprint density at radius 1 is 1.03 bits per heavy atom. The Kier molecular flexibility index (Phi) is 5.97. The van der Waals surface area contributed by atoms with Gasteiger partial charge in [-0.25, -0.2) is 0 Å². The van der Waals surface area contributed by atoms with Crippen LogP contribution >= 0.6 is 0 Å². The first-order valence-electron chi connectivity index (χ1n) is 12.5. The van der Waals surface area contributed by atoms with Crippen LogP contribution in [0.1, 0.15) is 79.4 Å². The minimum atomic E-state index is -0.0929. The molecule has 2 aromatic carbocycles. The summed E-state index contributed by atoms with van der Waals surface area (Å²) in [6.45, 7) is 5.34. The van der Waals surface area contributed by atoms with Crippen LogP contribution in [0.5, 0.6) is 5.75 Å². The van der Waals surface area contributed by atoms with Gasteiger partial charge in [0.15, 0.2) is 0 Å². The van der Waals surface area contributed by atoms with Crippen LogP contribution in [0, 0.1) is 5.41 Å². The summed E-state index contributed by atoms with van der Waals surface area (Å²) in [7, 11) is 4.01. The van der Waals surface area contributed by atoms with Crippen molar-refractivity contribution in [2.75, 3.05) is 25.6 Å². The summed E-state index contributed by atoms with van der Waals surface area (Å²) in [6, 6.07) is 14.3. The zero-order chi connectivity index (χ0) is 23.9. The van der Waals surface area contributed by atoms with E-state index < -0.39 is 0 Å². The summed E-state index contributed by atoms with van der Waals surface area (Å²) in [4.78, 5) is 20.5. The first kappa shape index (κ1) is 22.7. The number of ether oxygens (including phenoxy) is 1. The summed E-state index contributed by atoms with van der Waals surface area (Å²) >= 11 is 0. The van der Waals surface area contributed by atoms with Gasteiger partial charge in [-0.2, -0.15) is 0 Å². The average Bonchev–Trinajstić information content (AvgIpc) is 2.83. The number of fused-ring (bicyclic) bond motifs is 2. The van der Waals surface area contributed by atoms with E-state index in [2.05, 4.69) is 37.4 Å². The second-order valence-electron chi connectivity index (χ2n) is 10.8. The quantitative estimate of drug-likeness (QED) is 0.504. The Bertz CT molecular complexity index is 1210. The number of aromatic nitrogens is 1. The van der Waals surface area contributed by atoms with Crippen molar-refractivity contribution < 1.29 is 9.53 Å². The minimum absolute atomic E-state index is 0.0694. The minimum Gasteiger partial charge on any atom is -0.493 e. The molecule has 1 aliphatic carbocycles. The fourth-order valence-electron chi connectivity index (χ4n) is 5.65. The normalized spacial score (nSPS) is 19.8. The number of nitrogens with one attached hydrogen (secondary N) is 1. The van der Waals surface area contributed by atoms with Gasteiger partial charge in [0.1, 0.15) is 5.75 Å². The van der Waals surface area contributed by atoms with Crippen molar-refractivity contribution in [2.24, 2.45) is 5.41 Å². The predicted molar refractivity (Wildman–Crippen MR) is 138 cm³/mol. The maximum atomic E-state index is 13.5. The van der Waals surface area contributed by atoms with E-state index in [0.29, 0.717) is 23.5 Å². The van der Waals surface area contributed by atoms with Crippen LogP contribution in [0.15, 0.2) is 48.7 Å². The highest BCUT2D eigenvalue weighted by atomic mass is 16.5. The third-order valence-electron chi connectivity index (χ3n) is 7.63. The summed E-state index contributed by atoms with van der Waals surface area (Å²) in [5.74, 6) is 1.28. The van der Waals surface area contributed by atoms with Gasteiger partial charge in [-0.05, 0) is 48.6 Å². The van der Waals surface area contributed by atoms with Crippen LogP contribution in [0.2, 0.25) is 0 Å². The van der Waals surface area contributed by atoms with Gasteiger partial charge in [0.2, 0.25) is 0 Å². The van der Waals surface area contributed by atoms with Crippen molar-refractivity contribution in [1.29, 1.82) is 0 Å². The monoisotopic (exact) mass is 457 g/mol. The van der Waals surface area contributed by atoms with E-state index in [9.17, 15) is 4.79 Å². The van der Waals surface area contributed by atoms with Gasteiger partial charge in [-0.15, -0.1) is 0 Å². The molecule has 5 rings (SSSR count). The van der Waals surface area contributed by atoms with Crippen molar-refractivity contribution in [1.82, 2.24) is 10.3 Å². The molecule has 2 heterocycles. The number of nitrogens with zero attached hydrogens (tertiary/aromatic N) is 2. The van der Waals surface area contributed by atoms with Crippen LogP contribution in [0.25, 0.3) is 10.9 Å². The van der Waals surface area contributed by atoms with Crippen LogP contribution in [-0.2, 0) is 0 Å². The fraction of sp³-hybridized carbons (Fsp3) is 0.448. The molecule has 0 radical (unpaired) electrons. The molecule has 3 aromatic rings. The highest BCUT2D eigenvalue weighted by Crippen LogP contribution is 2.44. The molecular weight excluding hydrogens is 422 g/mol. The van der Waals surface area contributed by atoms with Gasteiger partial charge >= 0.3 is 0 Å². The molecule has 1 aromatic heterocycles. The number of hydrogen-bond acceptors (Lipinski definition) is 4. The van der Waals surface area contributed by atoms with Gasteiger partial charge < -0.3 is 15.0 Å². The van der Waals surface area contributed by atoms with Crippen LogP contribution in [0.4, 0.5) is 5.69 Å². The molecule has 1 N–H and O–H groups in total. The third-order valence-corrected chi connectivity index (χ3v) is 7.63. The zero-order valence-electron chi connectivity index (χ0n) is 20.7. The molecule has 1 saturated carbocycles. The molecule has 1 amide bonds. The van der Waals surface area contributed by atoms with E-state index in [1.165, 1.54) is 31.2 Å². The van der Waals surface area contributed by atoms with E-state index in [0.717, 1.165) is 34.3 Å². The SMILES string of the molecule is CN(C)c1c(C(=O)N[C@H]2CCOc3ccccc32)cnc2c(C3CCC(C)(C)CC3)cccc12. The molecule has 1 fully saturated rings. The summed E-state index contributed by atoms with van der Waals surface area (Å²) < 4.78 is 5.77. The van der Waals surface area contributed by atoms with Crippen LogP contribution in [0.3, 0.4) is 0 Å². The number of rotatable bonds is 4. The molecule has 1 atom stereocenters. The van der Waals surface area contributed by atoms with E-state index in [1.54, 1.807) is 6.20 Å². The largest absolute Gasteiger partial charge is 0.493 e. The summed E-state index contributed by atoms with van der Waals surface area (Å²) in [5, 5.41) is 4.30. The van der Waals surface area contributed by atoms with Crippen LogP contribution in [-0.4, -0.2) is 31.6 Å². The molecule has 0 saturated heterocycles. The maximum Gasteiger partial charge on any atom is 0.255 e. The number of hydrogen-bond donors (Lipinski definition) is 1. The van der Waals surface area contributed by atoms with Crippen LogP contribution < -0.4 is 15.0 Å². The van der Waals surface area contributed by atoms with E-state index in [1.807, 2.05) is 43.3 Å². The van der Waals surface area contributed by atoms with Crippen molar-refractivity contribution in [2.45, 2.75) is 57.9 Å². The number of benzene rings is 2. The van der Waals surface area contributed by atoms with Gasteiger partial charge in [0.05, 0.1) is 29.4 Å². The number of carbonyl (C=O) groups is 1. The first-order valence-corrected chi connectivity index (χ1v) is 12.5. The molecule has 5 heteroatoms. The van der Waals surface area contributed by atoms with Crippen molar-refractivity contribution >= 4 is 22.5 Å². The smallest absolute Gasteiger partial charge is 0.255 e. The number of amides is 1. The number of pyridine rings is 1. The summed E-state index contributed by atoms with van der Waals surface area (Å²) in [5.41, 5.74) is 5.36. The van der Waals surface area contributed by atoms with Gasteiger partial charge in [0.25, 0.3) is 5.91 Å². The Balaban J connectivity index is 1.49. The number of carbonyl (C=O) groups excluding carboxylic acids is 1. The molecule has 2 aliphatic rings. The predicted octanol–water partition coefficient (Wildman–Crippen LogP) is 6.24. The lowest BCUT2D eigenvalue weighted by atomic mass is 9.71. The Morgan fingerprint density at radius 2 is 1.76 bits per heavy atom. The standard InChI is InChI=1S/C29H35N3O2/c1-29(2)15-12-19(13-16-29)20-9-7-10-22-26(20)30-18-23(27(22)32(3)4)28(33)31-24-14-17-34-25-11-6-5-8-21(24)25/h5-11,18-19,24H,12-17H2,1-4H3,(H,31,33)/t24-/m0/s1. The Morgan fingerprint density at radius 3 is 2.53 bits per heavy atom. The molecule has 1 aliphatic heterocycles. The highest BCUT2D eigenvalue weighted by Gasteiger charge is 2.30. The van der Waals surface area contributed by atoms with Crippen molar-refractivity contribution in [3.05, 3.63) is 65.4 Å². The molecule has 34 heavy (non-hydrogen) atoms. The maximum absolute atomic E-state index is 13.5. The van der Waals surface area contributed by atoms with Gasteiger partial charge in [0, 0.05) is 37.7 Å². The van der Waals surface area contributed by atoms with E-state index in [-0.39, 0.29) is 11.9 Å². The van der Waals surface area contributed by atoms with Gasteiger partial charge in [-0.1, -0.05) is 50.2 Å². The number of para-hydroxylation sites is 2. The molecule has 0 spiro atoms. The van der Waals surface area contributed by atoms with Crippen molar-refractivity contribution in [3.8, 4) is 5.75 Å². The molecule has 0 bridgehead atoms. The Labute approximate surface area is 202 Å². The molecule has 178 valence electrons. The van der Waals surface area contributed by atoms with E-state index >= 15 is 0 Å². The topological polar surface area (TPSA) is 54.5 Å². The molecule has 0 unspecified atom stereocenters. The lowest BCUT2D eigenvalue weighted by molar-refractivity contribution is 0.0925. The summed E-state index contributed by atoms with van der Waals surface area (Å²) in [6.07, 6.45) is 7.38. The Hall–Kier alpha value is -3.08. The lowest BCUT2D eigenvalue weighted by Gasteiger charge is -2.35. The highest BCUT2D eigenvalue weighted by molar-refractivity contribution is 6.08. The average molecular weight is 458 g/mol. The van der Waals surface area contributed by atoms with Crippen molar-refractivity contribution in [3.63, 3.8) is 0 Å². The second-order valence-corrected chi connectivity index (χ2v) is 10.8. The first-order chi connectivity index (χ1) is 16.3. The van der Waals surface area contributed by atoms with Gasteiger partial charge in [-0.3, -0.25) is 9.78 Å². The second kappa shape index (κ2) is 8.94. The third kappa shape index (κ3) is 4.24. The zero-order valence-corrected chi connectivity index (χ0v) is 20.7. The van der Waals surface area contributed by atoms with E-state index in [4.69, 9.17) is 9.72 Å². The number of anilines is 1. The fourth-order valence-corrected chi connectivity index (χ4v) is 5.65. The lowest BCUT2D eigenvalue weighted by Crippen LogP contribution is -2.33. The molecule has 5 nitrogen and oxygen atoms in total.